The number of nitrogens with one attached hydrogen (secondary N) is 1. The van der Waals surface area contributed by atoms with Gasteiger partial charge in [-0.15, -0.1) is 4.40 Å². The number of benzene rings is 2. The first-order valence-electron chi connectivity index (χ1n) is 9.52. The molecule has 1 heterocycles. The van der Waals surface area contributed by atoms with Crippen molar-refractivity contribution in [2.24, 2.45) is 4.40 Å². The fraction of sp³-hybridized carbons (Fsp3) is 0.333. The summed E-state index contributed by atoms with van der Waals surface area (Å²) in [5, 5.41) is 3.52. The van der Waals surface area contributed by atoms with Gasteiger partial charge in [0.05, 0.1) is 11.7 Å². The van der Waals surface area contributed by atoms with Gasteiger partial charge in [0.15, 0.2) is 0 Å². The van der Waals surface area contributed by atoms with Crippen LogP contribution in [0.15, 0.2) is 51.8 Å². The Morgan fingerprint density at radius 2 is 1.90 bits per heavy atom. The number of carbonyl (C=O) groups excluding carboxylic acids is 1. The molecule has 1 aliphatic rings. The van der Waals surface area contributed by atoms with E-state index in [0.717, 1.165) is 18.4 Å². The zero-order chi connectivity index (χ0) is 21.2. The molecule has 0 aliphatic carbocycles. The van der Waals surface area contributed by atoms with Crippen LogP contribution in [0.2, 0.25) is 5.02 Å². The fourth-order valence-corrected chi connectivity index (χ4v) is 4.63. The second-order valence-electron chi connectivity index (χ2n) is 7.05. The van der Waals surface area contributed by atoms with Gasteiger partial charge >= 0.3 is 0 Å². The number of anilines is 1. The van der Waals surface area contributed by atoms with Crippen molar-refractivity contribution < 1.29 is 13.2 Å². The highest BCUT2D eigenvalue weighted by atomic mass is 35.5. The number of hydrogen-bond donors (Lipinski definition) is 1. The summed E-state index contributed by atoms with van der Waals surface area (Å²) in [6, 6.07) is 11.7. The molecule has 2 aromatic rings. The number of carbonyl (C=O) groups is 1. The van der Waals surface area contributed by atoms with Gasteiger partial charge < -0.3 is 10.2 Å². The maximum Gasteiger partial charge on any atom is 0.286 e. The third-order valence-electron chi connectivity index (χ3n) is 4.89. The molecule has 0 bridgehead atoms. The molecule has 1 amide bonds. The van der Waals surface area contributed by atoms with Gasteiger partial charge in [0.1, 0.15) is 10.7 Å². The van der Waals surface area contributed by atoms with Crippen molar-refractivity contribution in [3.63, 3.8) is 0 Å². The largest absolute Gasteiger partial charge is 0.346 e. The van der Waals surface area contributed by atoms with Gasteiger partial charge in [-0.3, -0.25) is 4.79 Å². The van der Waals surface area contributed by atoms with Gasteiger partial charge in [-0.2, -0.15) is 8.42 Å². The SMILES string of the molecule is CCCCN1C(C)=NS(=O)(=O)c2cc(C(=O)NC(C)c3ccc(Cl)cc3)ccc21. The Hall–Kier alpha value is -2.38. The Morgan fingerprint density at radius 1 is 1.21 bits per heavy atom. The van der Waals surface area contributed by atoms with Crippen LogP contribution < -0.4 is 10.2 Å². The van der Waals surface area contributed by atoms with Crippen LogP contribution in [0.5, 0.6) is 0 Å². The Kier molecular flexibility index (Phi) is 6.29. The summed E-state index contributed by atoms with van der Waals surface area (Å²) in [4.78, 5) is 14.7. The number of amides is 1. The van der Waals surface area contributed by atoms with Crippen molar-refractivity contribution in [3.8, 4) is 0 Å². The molecule has 0 saturated heterocycles. The van der Waals surface area contributed by atoms with Crippen LogP contribution in [0, 0.1) is 0 Å². The minimum Gasteiger partial charge on any atom is -0.346 e. The van der Waals surface area contributed by atoms with E-state index in [1.807, 2.05) is 24.0 Å². The third kappa shape index (κ3) is 4.62. The number of nitrogens with zero attached hydrogens (tertiary/aromatic N) is 2. The van der Waals surface area contributed by atoms with Crippen LogP contribution in [0.3, 0.4) is 0 Å². The summed E-state index contributed by atoms with van der Waals surface area (Å²) < 4.78 is 29.1. The summed E-state index contributed by atoms with van der Waals surface area (Å²) in [7, 11) is -3.84. The van der Waals surface area contributed by atoms with Gasteiger partial charge in [-0.05, 0) is 56.2 Å². The van der Waals surface area contributed by atoms with E-state index in [1.54, 1.807) is 31.2 Å². The molecule has 0 saturated carbocycles. The Bertz CT molecular complexity index is 1050. The predicted octanol–water partition coefficient (Wildman–Crippen LogP) is 4.56. The predicted molar refractivity (Wildman–Crippen MR) is 116 cm³/mol. The molecule has 8 heteroatoms. The number of unbranched alkanes of at least 4 members (excludes halogenated alkanes) is 1. The van der Waals surface area contributed by atoms with Crippen molar-refractivity contribution in [2.45, 2.75) is 44.6 Å². The van der Waals surface area contributed by atoms with Crippen LogP contribution in [-0.4, -0.2) is 26.7 Å². The molecule has 0 fully saturated rings. The quantitative estimate of drug-likeness (QED) is 0.724. The smallest absolute Gasteiger partial charge is 0.286 e. The van der Waals surface area contributed by atoms with Gasteiger partial charge in [0.25, 0.3) is 15.9 Å². The first kappa shape index (κ1) is 21.3. The van der Waals surface area contributed by atoms with Crippen LogP contribution in [0.1, 0.15) is 55.6 Å². The van der Waals surface area contributed by atoms with E-state index in [4.69, 9.17) is 11.6 Å². The maximum absolute atomic E-state index is 12.7. The van der Waals surface area contributed by atoms with E-state index < -0.39 is 10.0 Å². The zero-order valence-electron chi connectivity index (χ0n) is 16.6. The molecular formula is C21H24ClN3O3S. The molecule has 0 aromatic heterocycles. The Balaban J connectivity index is 1.87. The number of rotatable bonds is 6. The van der Waals surface area contributed by atoms with E-state index in [9.17, 15) is 13.2 Å². The summed E-state index contributed by atoms with van der Waals surface area (Å²) in [5.41, 5.74) is 1.74. The molecule has 1 atom stereocenters. The second-order valence-corrected chi connectivity index (χ2v) is 9.06. The molecule has 154 valence electrons. The van der Waals surface area contributed by atoms with E-state index >= 15 is 0 Å². The first-order chi connectivity index (χ1) is 13.7. The maximum atomic E-state index is 12.7. The Labute approximate surface area is 176 Å². The number of amidine groups is 1. The highest BCUT2D eigenvalue weighted by molar-refractivity contribution is 7.90. The molecule has 1 N–H and O–H groups in total. The number of sulfonamides is 1. The van der Waals surface area contributed by atoms with E-state index in [0.29, 0.717) is 23.1 Å². The molecule has 1 aliphatic heterocycles. The van der Waals surface area contributed by atoms with Gasteiger partial charge in [-0.1, -0.05) is 37.1 Å². The topological polar surface area (TPSA) is 78.8 Å². The number of hydrogen-bond acceptors (Lipinski definition) is 4. The van der Waals surface area contributed by atoms with Crippen molar-refractivity contribution in [2.75, 3.05) is 11.4 Å². The van der Waals surface area contributed by atoms with Gasteiger partial charge in [0.2, 0.25) is 0 Å². The normalized spacial score (nSPS) is 16.0. The molecule has 29 heavy (non-hydrogen) atoms. The number of fused-ring (bicyclic) bond motifs is 1. The van der Waals surface area contributed by atoms with E-state index in [1.165, 1.54) is 6.07 Å². The third-order valence-corrected chi connectivity index (χ3v) is 6.53. The van der Waals surface area contributed by atoms with Crippen LogP contribution in [0.25, 0.3) is 0 Å². The lowest BCUT2D eigenvalue weighted by Gasteiger charge is -2.29. The number of halogens is 1. The lowest BCUT2D eigenvalue weighted by molar-refractivity contribution is 0.0939. The average Bonchev–Trinajstić information content (AvgIpc) is 2.67. The van der Waals surface area contributed by atoms with Crippen molar-refractivity contribution in [3.05, 3.63) is 58.6 Å². The molecule has 6 nitrogen and oxygen atoms in total. The summed E-state index contributed by atoms with van der Waals surface area (Å²) >= 11 is 5.91. The zero-order valence-corrected chi connectivity index (χ0v) is 18.2. The van der Waals surface area contributed by atoms with Crippen molar-refractivity contribution >= 4 is 39.1 Å². The van der Waals surface area contributed by atoms with Gasteiger partial charge in [0, 0.05) is 17.1 Å². The minimum atomic E-state index is -3.84. The van der Waals surface area contributed by atoms with Gasteiger partial charge in [-0.25, -0.2) is 0 Å². The lowest BCUT2D eigenvalue weighted by atomic mass is 10.1. The lowest BCUT2D eigenvalue weighted by Crippen LogP contribution is -2.35. The van der Waals surface area contributed by atoms with Crippen LogP contribution >= 0.6 is 11.6 Å². The average molecular weight is 434 g/mol. The highest BCUT2D eigenvalue weighted by Crippen LogP contribution is 2.33. The van der Waals surface area contributed by atoms with Crippen LogP contribution in [-0.2, 0) is 10.0 Å². The summed E-state index contributed by atoms with van der Waals surface area (Å²) in [6.07, 6.45) is 1.89. The standard InChI is InChI=1S/C21H24ClN3O3S/c1-4-5-12-25-15(3)24-29(27,28)20-13-17(8-11-19(20)25)21(26)23-14(2)16-6-9-18(22)10-7-16/h6-11,13-14H,4-5,12H2,1-3H3,(H,23,26). The molecular weight excluding hydrogens is 410 g/mol. The van der Waals surface area contributed by atoms with E-state index in [-0.39, 0.29) is 22.4 Å². The van der Waals surface area contributed by atoms with Crippen LogP contribution in [0.4, 0.5) is 5.69 Å². The Morgan fingerprint density at radius 3 is 2.55 bits per heavy atom. The summed E-state index contributed by atoms with van der Waals surface area (Å²) in [5.74, 6) is 0.0938. The highest BCUT2D eigenvalue weighted by Gasteiger charge is 2.29. The van der Waals surface area contributed by atoms with Crippen molar-refractivity contribution in [1.29, 1.82) is 0 Å². The van der Waals surface area contributed by atoms with E-state index in [2.05, 4.69) is 16.6 Å². The minimum absolute atomic E-state index is 0.0611. The molecule has 2 aromatic carbocycles. The first-order valence-corrected chi connectivity index (χ1v) is 11.3. The molecule has 3 rings (SSSR count). The molecule has 0 radical (unpaired) electrons. The molecule has 0 spiro atoms. The monoisotopic (exact) mass is 433 g/mol. The summed E-state index contributed by atoms with van der Waals surface area (Å²) in [6.45, 7) is 6.29. The second kappa shape index (κ2) is 8.55. The van der Waals surface area contributed by atoms with Crippen molar-refractivity contribution in [1.82, 2.24) is 5.32 Å². The molecule has 1 unspecified atom stereocenters. The fourth-order valence-electron chi connectivity index (χ4n) is 3.24.